The molecule has 1 aliphatic carbocycles. The number of ether oxygens (including phenoxy) is 1. The quantitative estimate of drug-likeness (QED) is 0.223. The molecule has 1 aromatic carbocycles. The SMILES string of the molecule is N#Cc1ccc(OC2CCC(NC(=O)c3ccc(N4CCC(CN5CCC(n6ncc7c(N8CCC(=O)NC8O)nccc76)CC5)CC4)nn3)CC2)cc1Cl. The number of nitrogens with zero attached hydrogens (tertiary/aromatic N) is 9. The Morgan fingerprint density at radius 2 is 1.80 bits per heavy atom. The van der Waals surface area contributed by atoms with Crippen molar-refractivity contribution < 1.29 is 19.4 Å². The number of carbonyl (C=O) groups is 2. The zero-order valence-corrected chi connectivity index (χ0v) is 31.4. The number of aromatic nitrogens is 5. The van der Waals surface area contributed by atoms with E-state index in [1.165, 1.54) is 0 Å². The van der Waals surface area contributed by atoms with Gasteiger partial charge in [-0.15, -0.1) is 10.2 Å². The molecule has 0 radical (unpaired) electrons. The lowest BCUT2D eigenvalue weighted by Gasteiger charge is -2.38. The predicted octanol–water partition coefficient (Wildman–Crippen LogP) is 4.02. The number of hydrogen-bond acceptors (Lipinski definition) is 12. The van der Waals surface area contributed by atoms with E-state index in [0.29, 0.717) is 46.7 Å². The minimum Gasteiger partial charge on any atom is -0.490 e. The van der Waals surface area contributed by atoms with Crippen molar-refractivity contribution in [3.8, 4) is 11.8 Å². The van der Waals surface area contributed by atoms with Crippen LogP contribution in [0.25, 0.3) is 10.9 Å². The summed E-state index contributed by atoms with van der Waals surface area (Å²) in [5, 5.41) is 40.0. The van der Waals surface area contributed by atoms with Crippen LogP contribution in [0.5, 0.6) is 5.75 Å². The minimum absolute atomic E-state index is 0.0331. The highest BCUT2D eigenvalue weighted by molar-refractivity contribution is 6.31. The van der Waals surface area contributed by atoms with Crippen LogP contribution in [0.3, 0.4) is 0 Å². The fourth-order valence-electron chi connectivity index (χ4n) is 8.45. The second-order valence-corrected chi connectivity index (χ2v) is 15.5. The molecular formula is C39H46ClN11O4. The van der Waals surface area contributed by atoms with Crippen molar-refractivity contribution in [2.75, 3.05) is 49.1 Å². The third-order valence-corrected chi connectivity index (χ3v) is 11.9. The van der Waals surface area contributed by atoms with Crippen LogP contribution in [0.1, 0.15) is 79.9 Å². The lowest BCUT2D eigenvalue weighted by Crippen LogP contribution is -2.54. The van der Waals surface area contributed by atoms with Gasteiger partial charge in [0.15, 0.2) is 11.5 Å². The minimum atomic E-state index is -1.10. The number of carbonyl (C=O) groups excluding carboxylic acids is 2. The Bertz CT molecular complexity index is 2030. The normalized spacial score (nSPS) is 23.0. The molecule has 1 atom stereocenters. The summed E-state index contributed by atoms with van der Waals surface area (Å²) in [4.78, 5) is 35.8. The summed E-state index contributed by atoms with van der Waals surface area (Å²) in [5.41, 5.74) is 1.74. The van der Waals surface area contributed by atoms with E-state index in [2.05, 4.69) is 46.4 Å². The summed E-state index contributed by atoms with van der Waals surface area (Å²) in [5.74, 6) is 2.33. The number of amides is 2. The lowest BCUT2D eigenvalue weighted by molar-refractivity contribution is -0.125. The molecule has 3 saturated heterocycles. The molecule has 3 aliphatic heterocycles. The van der Waals surface area contributed by atoms with Crippen molar-refractivity contribution in [2.45, 2.75) is 82.3 Å². The third kappa shape index (κ3) is 8.31. The van der Waals surface area contributed by atoms with Crippen molar-refractivity contribution >= 4 is 46.0 Å². The molecule has 8 rings (SSSR count). The first kappa shape index (κ1) is 36.9. The average Bonchev–Trinajstić information content (AvgIpc) is 3.64. The van der Waals surface area contributed by atoms with E-state index in [1.54, 1.807) is 35.4 Å². The molecule has 4 aliphatic rings. The highest BCUT2D eigenvalue weighted by atomic mass is 35.5. The summed E-state index contributed by atoms with van der Waals surface area (Å²) in [6.07, 6.45) is 10.2. The first-order valence-corrected chi connectivity index (χ1v) is 19.7. The smallest absolute Gasteiger partial charge is 0.272 e. The number of rotatable bonds is 9. The van der Waals surface area contributed by atoms with E-state index >= 15 is 0 Å². The van der Waals surface area contributed by atoms with Crippen molar-refractivity contribution in [3.05, 3.63) is 65.1 Å². The number of pyridine rings is 1. The summed E-state index contributed by atoms with van der Waals surface area (Å²) in [7, 11) is 0. The number of anilines is 2. The van der Waals surface area contributed by atoms with Crippen molar-refractivity contribution in [1.29, 1.82) is 5.26 Å². The van der Waals surface area contributed by atoms with Gasteiger partial charge in [0.1, 0.15) is 17.6 Å². The number of benzene rings is 1. The van der Waals surface area contributed by atoms with Gasteiger partial charge in [0.25, 0.3) is 5.91 Å². The number of nitriles is 1. The molecule has 15 nitrogen and oxygen atoms in total. The van der Waals surface area contributed by atoms with Crippen LogP contribution >= 0.6 is 11.6 Å². The standard InChI is InChI=1S/C39H46ClN11O4/c40-32-21-30(4-1-26(32)22-41)55-29-5-2-27(3-6-29)44-38(53)33-7-8-35(47-46-33)49-18-10-25(11-19-49)24-48-16-12-28(13-17-48)51-34-9-15-42-37(31(34)23-43-51)50-20-14-36(52)45-39(50)54/h1,4,7-9,15,21,23,25,27-29,39,54H,2-3,5-6,10-14,16-20,24H2,(H,44,53)(H,45,52). The van der Waals surface area contributed by atoms with Gasteiger partial charge >= 0.3 is 0 Å². The van der Waals surface area contributed by atoms with Crippen molar-refractivity contribution in [1.82, 2.24) is 40.5 Å². The molecule has 2 amide bonds. The van der Waals surface area contributed by atoms with Crippen molar-refractivity contribution in [3.63, 3.8) is 0 Å². The molecule has 55 heavy (non-hydrogen) atoms. The third-order valence-electron chi connectivity index (χ3n) is 11.6. The second kappa shape index (κ2) is 16.4. The van der Waals surface area contributed by atoms with Gasteiger partial charge in [-0.25, -0.2) is 4.98 Å². The second-order valence-electron chi connectivity index (χ2n) is 15.1. The van der Waals surface area contributed by atoms with E-state index < -0.39 is 6.35 Å². The molecular weight excluding hydrogens is 722 g/mol. The van der Waals surface area contributed by atoms with Crippen LogP contribution in [0.15, 0.2) is 48.8 Å². The summed E-state index contributed by atoms with van der Waals surface area (Å²) < 4.78 is 8.20. The predicted molar refractivity (Wildman–Crippen MR) is 206 cm³/mol. The van der Waals surface area contributed by atoms with Gasteiger partial charge in [0.05, 0.1) is 39.8 Å². The van der Waals surface area contributed by atoms with Gasteiger partial charge in [-0.1, -0.05) is 11.6 Å². The van der Waals surface area contributed by atoms with Gasteiger partial charge in [0.2, 0.25) is 12.3 Å². The topological polar surface area (TPSA) is 178 Å². The molecule has 16 heteroatoms. The Balaban J connectivity index is 0.759. The maximum atomic E-state index is 13.0. The Kier molecular flexibility index (Phi) is 11.0. The number of hydrogen-bond donors (Lipinski definition) is 3. The lowest BCUT2D eigenvalue weighted by atomic mass is 9.92. The number of piperidine rings is 2. The molecule has 0 spiro atoms. The van der Waals surface area contributed by atoms with Crippen LogP contribution in [-0.2, 0) is 4.79 Å². The monoisotopic (exact) mass is 767 g/mol. The van der Waals surface area contributed by atoms with E-state index in [1.807, 2.05) is 18.3 Å². The first-order valence-electron chi connectivity index (χ1n) is 19.4. The number of fused-ring (bicyclic) bond motifs is 1. The maximum Gasteiger partial charge on any atom is 0.272 e. The first-order chi connectivity index (χ1) is 26.8. The molecule has 0 bridgehead atoms. The van der Waals surface area contributed by atoms with E-state index in [4.69, 9.17) is 26.7 Å². The molecule has 288 valence electrons. The van der Waals surface area contributed by atoms with Gasteiger partial charge in [-0.05, 0) is 87.6 Å². The van der Waals surface area contributed by atoms with Gasteiger partial charge in [0, 0.05) is 64.0 Å². The van der Waals surface area contributed by atoms with Gasteiger partial charge < -0.3 is 35.2 Å². The van der Waals surface area contributed by atoms with Crippen LogP contribution in [-0.4, -0.2) is 105 Å². The Morgan fingerprint density at radius 3 is 2.51 bits per heavy atom. The highest BCUT2D eigenvalue weighted by Gasteiger charge is 2.30. The molecule has 6 heterocycles. The van der Waals surface area contributed by atoms with Crippen LogP contribution in [0.2, 0.25) is 5.02 Å². The fraction of sp³-hybridized carbons (Fsp3) is 0.513. The summed E-state index contributed by atoms with van der Waals surface area (Å²) >= 11 is 6.15. The Hall–Kier alpha value is -5.04. The molecule has 3 aromatic heterocycles. The average molecular weight is 768 g/mol. The number of aliphatic hydroxyl groups excluding tert-OH is 1. The van der Waals surface area contributed by atoms with Crippen LogP contribution in [0, 0.1) is 17.2 Å². The maximum absolute atomic E-state index is 13.0. The highest BCUT2D eigenvalue weighted by Crippen LogP contribution is 2.32. The molecule has 4 aromatic rings. The number of halogens is 1. The van der Waals surface area contributed by atoms with E-state index in [9.17, 15) is 14.7 Å². The zero-order valence-electron chi connectivity index (χ0n) is 30.7. The van der Waals surface area contributed by atoms with E-state index in [0.717, 1.165) is 101 Å². The van der Waals surface area contributed by atoms with Crippen molar-refractivity contribution in [2.24, 2.45) is 5.92 Å². The summed E-state index contributed by atoms with van der Waals surface area (Å²) in [6.45, 7) is 5.33. The van der Waals surface area contributed by atoms with Crippen LogP contribution in [0.4, 0.5) is 11.6 Å². The largest absolute Gasteiger partial charge is 0.490 e. The van der Waals surface area contributed by atoms with Gasteiger partial charge in [-0.3, -0.25) is 14.3 Å². The van der Waals surface area contributed by atoms with E-state index in [-0.39, 0.29) is 30.0 Å². The number of likely N-dealkylation sites (tertiary alicyclic amines) is 1. The summed E-state index contributed by atoms with van der Waals surface area (Å²) in [6, 6.07) is 13.2. The molecule has 1 unspecified atom stereocenters. The molecule has 1 saturated carbocycles. The molecule has 4 fully saturated rings. The Morgan fingerprint density at radius 1 is 1.00 bits per heavy atom. The zero-order chi connectivity index (χ0) is 37.9. The molecule has 3 N–H and O–H groups in total. The fourth-order valence-corrected chi connectivity index (χ4v) is 8.66. The number of aliphatic hydroxyl groups is 1. The number of nitrogens with one attached hydrogen (secondary N) is 2. The Labute approximate surface area is 324 Å². The van der Waals surface area contributed by atoms with Gasteiger partial charge in [-0.2, -0.15) is 10.4 Å². The van der Waals surface area contributed by atoms with Crippen LogP contribution < -0.4 is 25.2 Å².